The number of Topliss-reactive ketones (excluding diaryl/α,β-unsaturated/α-hetero) is 1. The number of pyridine rings is 2. The third-order valence-electron chi connectivity index (χ3n) is 3.92. The Morgan fingerprint density at radius 1 is 1.24 bits per heavy atom. The lowest BCUT2D eigenvalue weighted by Crippen LogP contribution is -2.38. The highest BCUT2D eigenvalue weighted by molar-refractivity contribution is 5.96. The van der Waals surface area contributed by atoms with Crippen molar-refractivity contribution in [1.82, 2.24) is 14.9 Å². The molecular weight excluding hydrogens is 262 g/mol. The number of carbonyl (C=O) groups excluding carboxylic acids is 1. The van der Waals surface area contributed by atoms with E-state index >= 15 is 0 Å². The van der Waals surface area contributed by atoms with Crippen LogP contribution < -0.4 is 0 Å². The van der Waals surface area contributed by atoms with Crippen molar-refractivity contribution in [2.45, 2.75) is 19.4 Å². The number of likely N-dealkylation sites (tertiary alicyclic amines) is 1. The quantitative estimate of drug-likeness (QED) is 0.808. The molecule has 108 valence electrons. The van der Waals surface area contributed by atoms with Gasteiger partial charge in [-0.25, -0.2) is 0 Å². The second-order valence-electron chi connectivity index (χ2n) is 5.51. The average molecular weight is 281 g/mol. The molecule has 0 amide bonds. The fourth-order valence-corrected chi connectivity index (χ4v) is 2.88. The summed E-state index contributed by atoms with van der Waals surface area (Å²) in [6, 6.07) is 9.55. The minimum absolute atomic E-state index is 0.0605. The fourth-order valence-electron chi connectivity index (χ4n) is 2.88. The van der Waals surface area contributed by atoms with Gasteiger partial charge in [0.05, 0.1) is 0 Å². The van der Waals surface area contributed by atoms with Crippen LogP contribution in [0, 0.1) is 5.92 Å². The molecule has 0 N–H and O–H groups in total. The van der Waals surface area contributed by atoms with E-state index in [1.54, 1.807) is 12.4 Å². The van der Waals surface area contributed by atoms with Gasteiger partial charge in [-0.05, 0) is 43.1 Å². The van der Waals surface area contributed by atoms with Crippen molar-refractivity contribution < 1.29 is 4.79 Å². The van der Waals surface area contributed by atoms with Crippen LogP contribution in [0.2, 0.25) is 0 Å². The van der Waals surface area contributed by atoms with Gasteiger partial charge in [0.25, 0.3) is 0 Å². The molecule has 3 rings (SSSR count). The molecule has 1 fully saturated rings. The molecular formula is C17H19N3O. The summed E-state index contributed by atoms with van der Waals surface area (Å²) in [5.41, 5.74) is 1.79. The highest BCUT2D eigenvalue weighted by Gasteiger charge is 2.27. The first-order valence-electron chi connectivity index (χ1n) is 7.39. The number of hydrogen-bond donors (Lipinski definition) is 0. The number of carbonyl (C=O) groups is 1. The van der Waals surface area contributed by atoms with Gasteiger partial charge in [-0.3, -0.25) is 19.7 Å². The highest BCUT2D eigenvalue weighted by atomic mass is 16.1. The van der Waals surface area contributed by atoms with E-state index < -0.39 is 0 Å². The Kier molecular flexibility index (Phi) is 4.36. The maximum atomic E-state index is 12.5. The second-order valence-corrected chi connectivity index (χ2v) is 5.51. The smallest absolute Gasteiger partial charge is 0.185 e. The van der Waals surface area contributed by atoms with E-state index in [2.05, 4.69) is 20.9 Å². The molecule has 0 bridgehead atoms. The number of aromatic nitrogens is 2. The summed E-state index contributed by atoms with van der Waals surface area (Å²) >= 11 is 0. The summed E-state index contributed by atoms with van der Waals surface area (Å²) in [6.07, 6.45) is 7.38. The van der Waals surface area contributed by atoms with Crippen molar-refractivity contribution >= 4 is 5.78 Å². The largest absolute Gasteiger partial charge is 0.298 e. The lowest BCUT2D eigenvalue weighted by Gasteiger charge is -2.31. The van der Waals surface area contributed by atoms with E-state index in [9.17, 15) is 4.79 Å². The SMILES string of the molecule is O=C(c1ccccn1)C1CCCN(Cc2cccnc2)C1. The normalized spacial score (nSPS) is 19.3. The van der Waals surface area contributed by atoms with Gasteiger partial charge < -0.3 is 0 Å². The molecule has 1 aliphatic rings. The van der Waals surface area contributed by atoms with Crippen molar-refractivity contribution in [1.29, 1.82) is 0 Å². The number of piperidine rings is 1. The third kappa shape index (κ3) is 3.52. The van der Waals surface area contributed by atoms with Crippen LogP contribution in [0.4, 0.5) is 0 Å². The molecule has 1 unspecified atom stereocenters. The molecule has 3 heterocycles. The minimum Gasteiger partial charge on any atom is -0.298 e. The summed E-state index contributed by atoms with van der Waals surface area (Å²) in [5, 5.41) is 0. The fraction of sp³-hybridized carbons (Fsp3) is 0.353. The molecule has 0 radical (unpaired) electrons. The molecule has 1 saturated heterocycles. The number of rotatable bonds is 4. The van der Waals surface area contributed by atoms with Crippen LogP contribution in [-0.4, -0.2) is 33.7 Å². The van der Waals surface area contributed by atoms with Crippen LogP contribution in [0.1, 0.15) is 28.9 Å². The Bertz CT molecular complexity index is 585. The molecule has 0 aromatic carbocycles. The van der Waals surface area contributed by atoms with Crippen molar-refractivity contribution in [2.24, 2.45) is 5.92 Å². The number of ketones is 1. The summed E-state index contributed by atoms with van der Waals surface area (Å²) < 4.78 is 0. The summed E-state index contributed by atoms with van der Waals surface area (Å²) in [5.74, 6) is 0.233. The Morgan fingerprint density at radius 2 is 2.19 bits per heavy atom. The van der Waals surface area contributed by atoms with Crippen LogP contribution in [0.15, 0.2) is 48.9 Å². The van der Waals surface area contributed by atoms with E-state index in [4.69, 9.17) is 0 Å². The zero-order valence-electron chi connectivity index (χ0n) is 12.0. The average Bonchev–Trinajstić information content (AvgIpc) is 2.56. The van der Waals surface area contributed by atoms with Crippen LogP contribution in [0.25, 0.3) is 0 Å². The van der Waals surface area contributed by atoms with E-state index in [0.29, 0.717) is 5.69 Å². The van der Waals surface area contributed by atoms with Gasteiger partial charge in [0.1, 0.15) is 5.69 Å². The van der Waals surface area contributed by atoms with Gasteiger partial charge in [-0.1, -0.05) is 12.1 Å². The summed E-state index contributed by atoms with van der Waals surface area (Å²) in [4.78, 5) is 23.2. The molecule has 21 heavy (non-hydrogen) atoms. The van der Waals surface area contributed by atoms with E-state index in [1.165, 1.54) is 5.56 Å². The molecule has 0 saturated carbocycles. The van der Waals surface area contributed by atoms with Gasteiger partial charge >= 0.3 is 0 Å². The number of nitrogens with zero attached hydrogens (tertiary/aromatic N) is 3. The summed E-state index contributed by atoms with van der Waals surface area (Å²) in [6.45, 7) is 2.71. The van der Waals surface area contributed by atoms with E-state index in [0.717, 1.165) is 32.5 Å². The molecule has 0 spiro atoms. The van der Waals surface area contributed by atoms with E-state index in [1.807, 2.05) is 30.5 Å². The van der Waals surface area contributed by atoms with Gasteiger partial charge in [0.2, 0.25) is 0 Å². The first kappa shape index (κ1) is 13.9. The van der Waals surface area contributed by atoms with Crippen LogP contribution in [-0.2, 0) is 6.54 Å². The molecule has 2 aromatic heterocycles. The topological polar surface area (TPSA) is 46.1 Å². The van der Waals surface area contributed by atoms with Gasteiger partial charge in [0.15, 0.2) is 5.78 Å². The second kappa shape index (κ2) is 6.59. The lowest BCUT2D eigenvalue weighted by molar-refractivity contribution is 0.0806. The molecule has 4 heteroatoms. The van der Waals surface area contributed by atoms with Crippen molar-refractivity contribution in [3.63, 3.8) is 0 Å². The highest BCUT2D eigenvalue weighted by Crippen LogP contribution is 2.21. The van der Waals surface area contributed by atoms with Crippen molar-refractivity contribution in [3.05, 3.63) is 60.2 Å². The van der Waals surface area contributed by atoms with Crippen LogP contribution in [0.3, 0.4) is 0 Å². The van der Waals surface area contributed by atoms with E-state index in [-0.39, 0.29) is 11.7 Å². The molecule has 0 aliphatic carbocycles. The van der Waals surface area contributed by atoms with Gasteiger partial charge in [-0.15, -0.1) is 0 Å². The zero-order chi connectivity index (χ0) is 14.5. The minimum atomic E-state index is 0.0605. The molecule has 1 atom stereocenters. The maximum absolute atomic E-state index is 12.5. The Hall–Kier alpha value is -2.07. The van der Waals surface area contributed by atoms with Crippen LogP contribution >= 0.6 is 0 Å². The Balaban J connectivity index is 1.64. The first-order chi connectivity index (χ1) is 10.3. The maximum Gasteiger partial charge on any atom is 0.185 e. The third-order valence-corrected chi connectivity index (χ3v) is 3.92. The predicted octanol–water partition coefficient (Wildman–Crippen LogP) is 2.57. The number of hydrogen-bond acceptors (Lipinski definition) is 4. The molecule has 2 aromatic rings. The monoisotopic (exact) mass is 281 g/mol. The zero-order valence-corrected chi connectivity index (χ0v) is 12.0. The first-order valence-corrected chi connectivity index (χ1v) is 7.39. The van der Waals surface area contributed by atoms with Gasteiger partial charge in [-0.2, -0.15) is 0 Å². The standard InChI is InChI=1S/C17H19N3O/c21-17(16-7-1-2-9-19-16)15-6-4-10-20(13-15)12-14-5-3-8-18-11-14/h1-3,5,7-9,11,15H,4,6,10,12-13H2. The van der Waals surface area contributed by atoms with Crippen molar-refractivity contribution in [3.8, 4) is 0 Å². The van der Waals surface area contributed by atoms with Gasteiger partial charge in [0, 0.05) is 37.6 Å². The molecule has 1 aliphatic heterocycles. The van der Waals surface area contributed by atoms with Crippen LogP contribution in [0.5, 0.6) is 0 Å². The predicted molar refractivity (Wildman–Crippen MR) is 80.8 cm³/mol. The Labute approximate surface area is 124 Å². The van der Waals surface area contributed by atoms with Crippen molar-refractivity contribution in [2.75, 3.05) is 13.1 Å². The summed E-state index contributed by atoms with van der Waals surface area (Å²) in [7, 11) is 0. The molecule has 4 nitrogen and oxygen atoms in total. The Morgan fingerprint density at radius 3 is 2.95 bits per heavy atom. The lowest BCUT2D eigenvalue weighted by atomic mass is 9.91.